The zero-order valence-electron chi connectivity index (χ0n) is 12.7. The van der Waals surface area contributed by atoms with Gasteiger partial charge in [0.05, 0.1) is 5.03 Å². The molecule has 0 aliphatic heterocycles. The van der Waals surface area contributed by atoms with Crippen LogP contribution in [0.25, 0.3) is 0 Å². The van der Waals surface area contributed by atoms with Crippen molar-refractivity contribution in [1.29, 1.82) is 0 Å². The van der Waals surface area contributed by atoms with Gasteiger partial charge in [0, 0.05) is 22.6 Å². The van der Waals surface area contributed by atoms with Crippen molar-refractivity contribution in [1.82, 2.24) is 9.80 Å². The maximum Gasteiger partial charge on any atom is 0.270 e. The average molecular weight is 369 g/mol. The van der Waals surface area contributed by atoms with Crippen LogP contribution in [-0.4, -0.2) is 45.1 Å². The topological polar surface area (TPSA) is 40.6 Å². The van der Waals surface area contributed by atoms with Crippen LogP contribution in [0.2, 0.25) is 0 Å². The first kappa shape index (κ1) is 18.8. The fourth-order valence-corrected chi connectivity index (χ4v) is 4.75. The van der Waals surface area contributed by atoms with Crippen LogP contribution in [0, 0.1) is 0 Å². The molecule has 0 spiro atoms. The molecule has 1 atom stereocenters. The summed E-state index contributed by atoms with van der Waals surface area (Å²) >= 11 is 2.77. The molecule has 1 heterocycles. The summed E-state index contributed by atoms with van der Waals surface area (Å²) in [4.78, 5) is 5.16. The van der Waals surface area contributed by atoms with Crippen LogP contribution in [0.3, 0.4) is 0 Å². The van der Waals surface area contributed by atoms with E-state index >= 15 is 0 Å². The van der Waals surface area contributed by atoms with Gasteiger partial charge in [-0.15, -0.1) is 23.1 Å². The minimum atomic E-state index is -3.68. The molecule has 0 aliphatic carbocycles. The lowest BCUT2D eigenvalue weighted by molar-refractivity contribution is 0.121. The smallest absolute Gasteiger partial charge is 0.270 e. The number of hydrogen-bond acceptors (Lipinski definition) is 6. The number of halogens is 1. The van der Waals surface area contributed by atoms with Gasteiger partial charge in [-0.1, -0.05) is 13.5 Å². The predicted molar refractivity (Wildman–Crippen MR) is 93.4 cm³/mol. The highest BCUT2D eigenvalue weighted by Crippen LogP contribution is 2.35. The van der Waals surface area contributed by atoms with E-state index in [2.05, 4.69) is 23.3 Å². The molecule has 1 aromatic heterocycles. The molecule has 21 heavy (non-hydrogen) atoms. The van der Waals surface area contributed by atoms with Crippen LogP contribution in [0.5, 0.6) is 0 Å². The normalized spacial score (nSPS) is 13.4. The summed E-state index contributed by atoms with van der Waals surface area (Å²) in [7, 11) is 5.72. The Hall–Kier alpha value is -0.210. The Labute approximate surface area is 140 Å². The van der Waals surface area contributed by atoms with Gasteiger partial charge in [0.1, 0.15) is 10.4 Å². The first-order chi connectivity index (χ1) is 9.72. The van der Waals surface area contributed by atoms with E-state index in [1.54, 1.807) is 17.8 Å². The lowest BCUT2D eigenvalue weighted by Gasteiger charge is -2.36. The Morgan fingerprint density at radius 3 is 2.52 bits per heavy atom. The van der Waals surface area contributed by atoms with Crippen LogP contribution in [0.15, 0.2) is 27.9 Å². The Morgan fingerprint density at radius 2 is 2.10 bits per heavy atom. The second-order valence-corrected chi connectivity index (χ2v) is 9.45. The molecule has 0 saturated carbocycles. The SMILES string of the molecule is C=C(SC)N(C)C(c1ccc(S(=O)(=O)Cl)s1)N(C)CCC. The van der Waals surface area contributed by atoms with Crippen LogP contribution in [-0.2, 0) is 9.05 Å². The summed E-state index contributed by atoms with van der Waals surface area (Å²) in [5, 5.41) is 0.923. The Balaban J connectivity index is 3.17. The molecule has 0 aromatic carbocycles. The predicted octanol–water partition coefficient (Wildman–Crippen LogP) is 3.78. The molecule has 0 fully saturated rings. The van der Waals surface area contributed by atoms with Crippen LogP contribution in [0.1, 0.15) is 24.4 Å². The van der Waals surface area contributed by atoms with Gasteiger partial charge in [0.2, 0.25) is 0 Å². The van der Waals surface area contributed by atoms with Crippen LogP contribution in [0.4, 0.5) is 0 Å². The van der Waals surface area contributed by atoms with Crippen molar-refractivity contribution in [2.24, 2.45) is 0 Å². The number of rotatable bonds is 8. The van der Waals surface area contributed by atoms with E-state index in [1.807, 2.05) is 26.4 Å². The van der Waals surface area contributed by atoms with Gasteiger partial charge in [0.25, 0.3) is 9.05 Å². The number of thioether (sulfide) groups is 1. The van der Waals surface area contributed by atoms with E-state index in [1.165, 1.54) is 11.3 Å². The van der Waals surface area contributed by atoms with Gasteiger partial charge in [0.15, 0.2) is 0 Å². The van der Waals surface area contributed by atoms with Gasteiger partial charge >= 0.3 is 0 Å². The fraction of sp³-hybridized carbons (Fsp3) is 0.538. The molecule has 120 valence electrons. The molecule has 0 saturated heterocycles. The van der Waals surface area contributed by atoms with Crippen molar-refractivity contribution in [2.75, 3.05) is 26.9 Å². The second kappa shape index (κ2) is 7.87. The van der Waals surface area contributed by atoms with E-state index in [0.29, 0.717) is 0 Å². The number of hydrogen-bond donors (Lipinski definition) is 0. The first-order valence-electron chi connectivity index (χ1n) is 6.42. The molecule has 0 aliphatic rings. The van der Waals surface area contributed by atoms with Gasteiger partial charge < -0.3 is 4.90 Å². The summed E-state index contributed by atoms with van der Waals surface area (Å²) in [5.74, 6) is 0. The van der Waals surface area contributed by atoms with Crippen LogP contribution < -0.4 is 0 Å². The Morgan fingerprint density at radius 1 is 1.48 bits per heavy atom. The third-order valence-electron chi connectivity index (χ3n) is 3.09. The van der Waals surface area contributed by atoms with Crippen molar-refractivity contribution < 1.29 is 8.42 Å². The minimum absolute atomic E-state index is 0.0536. The van der Waals surface area contributed by atoms with Gasteiger partial charge in [-0.2, -0.15) is 0 Å². The maximum absolute atomic E-state index is 11.5. The molecule has 1 rings (SSSR count). The molecular formula is C13H21ClN2O2S3. The van der Waals surface area contributed by atoms with Crippen molar-refractivity contribution in [2.45, 2.75) is 23.7 Å². The standard InChI is InChI=1S/C13H21ClN2O2S3/c1-6-9-15(3)13(16(4)10(2)19-5)11-7-8-12(20-11)21(14,17)18/h7-8,13H,2,6,9H2,1,3-5H3. The highest BCUT2D eigenvalue weighted by Gasteiger charge is 2.25. The molecule has 0 N–H and O–H groups in total. The summed E-state index contributed by atoms with van der Waals surface area (Å²) < 4.78 is 23.1. The lowest BCUT2D eigenvalue weighted by Crippen LogP contribution is -2.36. The molecule has 0 bridgehead atoms. The van der Waals surface area contributed by atoms with Crippen molar-refractivity contribution in [3.63, 3.8) is 0 Å². The maximum atomic E-state index is 11.5. The fourth-order valence-electron chi connectivity index (χ4n) is 2.06. The van der Waals surface area contributed by atoms with Gasteiger partial charge in [-0.05, 0) is 38.4 Å². The highest BCUT2D eigenvalue weighted by molar-refractivity contribution is 8.15. The van der Waals surface area contributed by atoms with Crippen molar-refractivity contribution in [3.8, 4) is 0 Å². The monoisotopic (exact) mass is 368 g/mol. The minimum Gasteiger partial charge on any atom is -0.349 e. The van der Waals surface area contributed by atoms with Crippen molar-refractivity contribution >= 4 is 42.8 Å². The third-order valence-corrected chi connectivity index (χ3v) is 7.06. The molecular weight excluding hydrogens is 348 g/mol. The summed E-state index contributed by atoms with van der Waals surface area (Å²) in [6.07, 6.45) is 2.93. The largest absolute Gasteiger partial charge is 0.349 e. The summed E-state index contributed by atoms with van der Waals surface area (Å²) in [6, 6.07) is 3.38. The molecule has 0 amide bonds. The molecule has 1 aromatic rings. The average Bonchev–Trinajstić information content (AvgIpc) is 2.87. The van der Waals surface area contributed by atoms with E-state index in [0.717, 1.165) is 22.9 Å². The zero-order chi connectivity index (χ0) is 16.2. The van der Waals surface area contributed by atoms with E-state index in [9.17, 15) is 8.42 Å². The first-order valence-corrected chi connectivity index (χ1v) is 10.8. The highest BCUT2D eigenvalue weighted by atomic mass is 35.7. The quantitative estimate of drug-likeness (QED) is 0.515. The van der Waals surface area contributed by atoms with Gasteiger partial charge in [-0.25, -0.2) is 8.42 Å². The van der Waals surface area contributed by atoms with Crippen LogP contribution >= 0.6 is 33.8 Å². The van der Waals surface area contributed by atoms with E-state index in [4.69, 9.17) is 10.7 Å². The van der Waals surface area contributed by atoms with E-state index in [-0.39, 0.29) is 10.4 Å². The molecule has 0 radical (unpaired) electrons. The molecule has 8 heteroatoms. The summed E-state index contributed by atoms with van der Waals surface area (Å²) in [5.41, 5.74) is 0. The molecule has 4 nitrogen and oxygen atoms in total. The van der Waals surface area contributed by atoms with Gasteiger partial charge in [-0.3, -0.25) is 4.90 Å². The Bertz CT molecular complexity index is 586. The zero-order valence-corrected chi connectivity index (χ0v) is 15.9. The number of nitrogens with zero attached hydrogens (tertiary/aromatic N) is 2. The lowest BCUT2D eigenvalue weighted by atomic mass is 10.3. The third kappa shape index (κ3) is 4.89. The Kier molecular flexibility index (Phi) is 7.06. The summed E-state index contributed by atoms with van der Waals surface area (Å²) in [6.45, 7) is 7.05. The van der Waals surface area contributed by atoms with E-state index < -0.39 is 9.05 Å². The molecule has 1 unspecified atom stereocenters. The van der Waals surface area contributed by atoms with Crippen molar-refractivity contribution in [3.05, 3.63) is 28.6 Å². The number of thiophene rings is 1. The second-order valence-electron chi connectivity index (χ2n) is 4.66.